The zero-order valence-electron chi connectivity index (χ0n) is 14.1. The normalized spacial score (nSPS) is 11.7. The van der Waals surface area contributed by atoms with Crippen molar-refractivity contribution in [2.75, 3.05) is 13.2 Å². The standard InChI is InChI=1S/C21H21NO3/c1-16(21(23)22-13-14-24-19-9-3-2-4-10-19)25-20-12-11-17-7-5-6-8-18(17)15-20/h2-12,15-16H,13-14H2,1H3,(H,22,23). The summed E-state index contributed by atoms with van der Waals surface area (Å²) in [5.41, 5.74) is 0. The molecule has 0 fully saturated rings. The monoisotopic (exact) mass is 335 g/mol. The van der Waals surface area contributed by atoms with E-state index in [1.165, 1.54) is 0 Å². The molecule has 3 aromatic rings. The van der Waals surface area contributed by atoms with E-state index in [2.05, 4.69) is 5.32 Å². The number of benzene rings is 3. The van der Waals surface area contributed by atoms with Gasteiger partial charge < -0.3 is 14.8 Å². The summed E-state index contributed by atoms with van der Waals surface area (Å²) in [6.45, 7) is 2.58. The summed E-state index contributed by atoms with van der Waals surface area (Å²) in [7, 11) is 0. The molecule has 0 saturated carbocycles. The Morgan fingerprint density at radius 2 is 1.64 bits per heavy atom. The molecule has 0 spiro atoms. The minimum atomic E-state index is -0.571. The minimum absolute atomic E-state index is 0.162. The Kier molecular flexibility index (Phi) is 5.52. The average Bonchev–Trinajstić information content (AvgIpc) is 2.65. The van der Waals surface area contributed by atoms with E-state index in [9.17, 15) is 4.79 Å². The van der Waals surface area contributed by atoms with Gasteiger partial charge in [-0.05, 0) is 42.0 Å². The number of para-hydroxylation sites is 1. The van der Waals surface area contributed by atoms with Crippen LogP contribution >= 0.6 is 0 Å². The molecule has 1 amide bonds. The molecular formula is C21H21NO3. The summed E-state index contributed by atoms with van der Waals surface area (Å²) in [5.74, 6) is 1.31. The second-order valence-electron chi connectivity index (χ2n) is 5.72. The zero-order valence-corrected chi connectivity index (χ0v) is 14.1. The van der Waals surface area contributed by atoms with Gasteiger partial charge in [0.05, 0.1) is 6.54 Å². The van der Waals surface area contributed by atoms with Gasteiger partial charge in [0, 0.05) is 0 Å². The second-order valence-corrected chi connectivity index (χ2v) is 5.72. The first-order valence-electron chi connectivity index (χ1n) is 8.33. The molecule has 0 aromatic heterocycles. The third kappa shape index (κ3) is 4.73. The van der Waals surface area contributed by atoms with Crippen molar-refractivity contribution in [2.45, 2.75) is 13.0 Å². The maximum atomic E-state index is 12.1. The third-order valence-electron chi connectivity index (χ3n) is 3.82. The average molecular weight is 335 g/mol. The fraction of sp³-hybridized carbons (Fsp3) is 0.190. The number of amides is 1. The molecule has 1 N–H and O–H groups in total. The van der Waals surface area contributed by atoms with Gasteiger partial charge in [0.2, 0.25) is 0 Å². The van der Waals surface area contributed by atoms with Gasteiger partial charge in [-0.3, -0.25) is 4.79 Å². The zero-order chi connectivity index (χ0) is 17.5. The van der Waals surface area contributed by atoms with Gasteiger partial charge in [-0.15, -0.1) is 0 Å². The maximum absolute atomic E-state index is 12.1. The Labute approximate surface area is 147 Å². The first kappa shape index (κ1) is 16.8. The quantitative estimate of drug-likeness (QED) is 0.668. The molecule has 0 aliphatic heterocycles. The lowest BCUT2D eigenvalue weighted by molar-refractivity contribution is -0.127. The predicted octanol–water partition coefficient (Wildman–Crippen LogP) is 3.80. The second kappa shape index (κ2) is 8.20. The van der Waals surface area contributed by atoms with Crippen LogP contribution in [0.4, 0.5) is 0 Å². The lowest BCUT2D eigenvalue weighted by Crippen LogP contribution is -2.38. The molecule has 1 unspecified atom stereocenters. The van der Waals surface area contributed by atoms with Crippen LogP contribution in [0.5, 0.6) is 11.5 Å². The lowest BCUT2D eigenvalue weighted by atomic mass is 10.1. The van der Waals surface area contributed by atoms with Crippen molar-refractivity contribution < 1.29 is 14.3 Å². The molecule has 4 nitrogen and oxygen atoms in total. The molecule has 0 saturated heterocycles. The summed E-state index contributed by atoms with van der Waals surface area (Å²) >= 11 is 0. The highest BCUT2D eigenvalue weighted by Gasteiger charge is 2.14. The van der Waals surface area contributed by atoms with Crippen LogP contribution in [0.1, 0.15) is 6.92 Å². The number of ether oxygens (including phenoxy) is 2. The Morgan fingerprint density at radius 1 is 0.920 bits per heavy atom. The van der Waals surface area contributed by atoms with E-state index in [1.807, 2.05) is 72.8 Å². The highest BCUT2D eigenvalue weighted by atomic mass is 16.5. The van der Waals surface area contributed by atoms with Crippen molar-refractivity contribution in [2.24, 2.45) is 0 Å². The molecule has 0 aliphatic rings. The molecule has 1 atom stereocenters. The molecular weight excluding hydrogens is 314 g/mol. The third-order valence-corrected chi connectivity index (χ3v) is 3.82. The first-order valence-corrected chi connectivity index (χ1v) is 8.33. The van der Waals surface area contributed by atoms with E-state index < -0.39 is 6.10 Å². The Hall–Kier alpha value is -3.01. The van der Waals surface area contributed by atoms with E-state index >= 15 is 0 Å². The molecule has 0 bridgehead atoms. The fourth-order valence-corrected chi connectivity index (χ4v) is 2.50. The smallest absolute Gasteiger partial charge is 0.260 e. The van der Waals surface area contributed by atoms with Gasteiger partial charge in [-0.1, -0.05) is 48.5 Å². The van der Waals surface area contributed by atoms with Crippen LogP contribution in [0.3, 0.4) is 0 Å². The van der Waals surface area contributed by atoms with Crippen LogP contribution in [0, 0.1) is 0 Å². The molecule has 0 aliphatic carbocycles. The van der Waals surface area contributed by atoms with Gasteiger partial charge >= 0.3 is 0 Å². The van der Waals surface area contributed by atoms with E-state index in [-0.39, 0.29) is 5.91 Å². The Bertz CT molecular complexity index is 833. The van der Waals surface area contributed by atoms with Crippen LogP contribution in [-0.2, 0) is 4.79 Å². The van der Waals surface area contributed by atoms with Crippen molar-refractivity contribution in [3.63, 3.8) is 0 Å². The van der Waals surface area contributed by atoms with Crippen LogP contribution < -0.4 is 14.8 Å². The van der Waals surface area contributed by atoms with E-state index in [4.69, 9.17) is 9.47 Å². The van der Waals surface area contributed by atoms with Crippen molar-refractivity contribution in [1.29, 1.82) is 0 Å². The highest BCUT2D eigenvalue weighted by molar-refractivity contribution is 5.84. The number of carbonyl (C=O) groups is 1. The molecule has 4 heteroatoms. The van der Waals surface area contributed by atoms with Crippen molar-refractivity contribution >= 4 is 16.7 Å². The number of rotatable bonds is 7. The summed E-state index contributed by atoms with van der Waals surface area (Å²) in [6, 6.07) is 23.4. The number of fused-ring (bicyclic) bond motifs is 1. The lowest BCUT2D eigenvalue weighted by Gasteiger charge is -2.15. The summed E-state index contributed by atoms with van der Waals surface area (Å²) in [4.78, 5) is 12.1. The van der Waals surface area contributed by atoms with E-state index in [0.29, 0.717) is 18.9 Å². The molecule has 0 radical (unpaired) electrons. The SMILES string of the molecule is CC(Oc1ccc2ccccc2c1)C(=O)NCCOc1ccccc1. The molecule has 25 heavy (non-hydrogen) atoms. The fourth-order valence-electron chi connectivity index (χ4n) is 2.50. The molecule has 3 aromatic carbocycles. The predicted molar refractivity (Wildman–Crippen MR) is 99.0 cm³/mol. The van der Waals surface area contributed by atoms with Gasteiger partial charge in [0.15, 0.2) is 6.10 Å². The van der Waals surface area contributed by atoms with Crippen molar-refractivity contribution in [3.8, 4) is 11.5 Å². The minimum Gasteiger partial charge on any atom is -0.492 e. The Balaban J connectivity index is 1.46. The van der Waals surface area contributed by atoms with Crippen LogP contribution in [0.25, 0.3) is 10.8 Å². The summed E-state index contributed by atoms with van der Waals surface area (Å²) in [5, 5.41) is 5.05. The first-order chi connectivity index (χ1) is 12.2. The highest BCUT2D eigenvalue weighted by Crippen LogP contribution is 2.21. The van der Waals surface area contributed by atoms with Crippen molar-refractivity contribution in [3.05, 3.63) is 72.8 Å². The van der Waals surface area contributed by atoms with E-state index in [0.717, 1.165) is 16.5 Å². The number of nitrogens with one attached hydrogen (secondary N) is 1. The van der Waals surface area contributed by atoms with Gasteiger partial charge in [0.1, 0.15) is 18.1 Å². The van der Waals surface area contributed by atoms with Gasteiger partial charge in [0.25, 0.3) is 5.91 Å². The van der Waals surface area contributed by atoms with Crippen LogP contribution in [0.2, 0.25) is 0 Å². The van der Waals surface area contributed by atoms with Crippen LogP contribution in [0.15, 0.2) is 72.8 Å². The summed E-state index contributed by atoms with van der Waals surface area (Å²) < 4.78 is 11.3. The number of hydrogen-bond donors (Lipinski definition) is 1. The molecule has 0 heterocycles. The summed E-state index contributed by atoms with van der Waals surface area (Å²) in [6.07, 6.45) is -0.571. The molecule has 3 rings (SSSR count). The van der Waals surface area contributed by atoms with Gasteiger partial charge in [-0.25, -0.2) is 0 Å². The number of hydrogen-bond acceptors (Lipinski definition) is 3. The van der Waals surface area contributed by atoms with Crippen LogP contribution in [-0.4, -0.2) is 25.2 Å². The van der Waals surface area contributed by atoms with Crippen molar-refractivity contribution in [1.82, 2.24) is 5.32 Å². The number of carbonyl (C=O) groups excluding carboxylic acids is 1. The molecule has 128 valence electrons. The van der Waals surface area contributed by atoms with E-state index in [1.54, 1.807) is 6.92 Å². The Morgan fingerprint density at radius 3 is 2.44 bits per heavy atom. The topological polar surface area (TPSA) is 47.6 Å². The van der Waals surface area contributed by atoms with Gasteiger partial charge in [-0.2, -0.15) is 0 Å². The largest absolute Gasteiger partial charge is 0.492 e. The maximum Gasteiger partial charge on any atom is 0.260 e.